The molecule has 0 fully saturated rings. The van der Waals surface area contributed by atoms with Crippen molar-refractivity contribution in [2.24, 2.45) is 0 Å². The van der Waals surface area contributed by atoms with Crippen molar-refractivity contribution in [1.82, 2.24) is 5.32 Å². The summed E-state index contributed by atoms with van der Waals surface area (Å²) in [7, 11) is 0. The third-order valence-electron chi connectivity index (χ3n) is 5.80. The number of carbonyl (C=O) groups excluding carboxylic acids is 1. The monoisotopic (exact) mass is 446 g/mol. The molecule has 4 rings (SSSR count). The van der Waals surface area contributed by atoms with Crippen molar-refractivity contribution in [1.29, 1.82) is 0 Å². The summed E-state index contributed by atoms with van der Waals surface area (Å²) in [5, 5.41) is 22.7. The Kier molecular flexibility index (Phi) is 6.35. The van der Waals surface area contributed by atoms with E-state index >= 15 is 0 Å². The number of alkyl carbamates (subject to hydrolysis) is 1. The normalized spacial score (nSPS) is 13.0. The lowest BCUT2D eigenvalue weighted by molar-refractivity contribution is -0.384. The highest BCUT2D eigenvalue weighted by Gasteiger charge is 2.29. The van der Waals surface area contributed by atoms with Crippen LogP contribution in [0.4, 0.5) is 10.5 Å². The van der Waals surface area contributed by atoms with Gasteiger partial charge in [0.2, 0.25) is 0 Å². The van der Waals surface area contributed by atoms with Gasteiger partial charge < -0.3 is 15.2 Å². The van der Waals surface area contributed by atoms with Gasteiger partial charge in [-0.05, 0) is 40.7 Å². The third-order valence-corrected chi connectivity index (χ3v) is 5.80. The summed E-state index contributed by atoms with van der Waals surface area (Å²) >= 11 is 0. The largest absolute Gasteiger partial charge is 0.480 e. The zero-order valence-corrected chi connectivity index (χ0v) is 17.6. The van der Waals surface area contributed by atoms with Gasteiger partial charge in [-0.2, -0.15) is 0 Å². The molecule has 0 saturated carbocycles. The molecule has 0 aromatic heterocycles. The second-order valence-electron chi connectivity index (χ2n) is 7.82. The van der Waals surface area contributed by atoms with E-state index in [1.807, 2.05) is 48.5 Å². The fraction of sp³-hybridized carbons (Fsp3) is 0.200. The first-order chi connectivity index (χ1) is 15.9. The van der Waals surface area contributed by atoms with Crippen molar-refractivity contribution < 1.29 is 24.4 Å². The smallest absolute Gasteiger partial charge is 0.407 e. The summed E-state index contributed by atoms with van der Waals surface area (Å²) in [5.74, 6) is -1.29. The molecule has 0 heterocycles. The lowest BCUT2D eigenvalue weighted by Crippen LogP contribution is -2.41. The Bertz CT molecular complexity index is 1150. The van der Waals surface area contributed by atoms with Gasteiger partial charge in [0.25, 0.3) is 5.69 Å². The molecule has 2 N–H and O–H groups in total. The quantitative estimate of drug-likeness (QED) is 0.388. The number of fused-ring (bicyclic) bond motifs is 3. The fourth-order valence-electron chi connectivity index (χ4n) is 4.14. The molecule has 3 aromatic rings. The molecule has 3 aromatic carbocycles. The molecule has 8 heteroatoms. The summed E-state index contributed by atoms with van der Waals surface area (Å²) in [6, 6.07) is 20.6. The van der Waals surface area contributed by atoms with Gasteiger partial charge in [-0.25, -0.2) is 9.59 Å². The topological polar surface area (TPSA) is 119 Å². The highest BCUT2D eigenvalue weighted by atomic mass is 16.6. The lowest BCUT2D eigenvalue weighted by Gasteiger charge is -2.17. The Morgan fingerprint density at radius 1 is 0.970 bits per heavy atom. The Hall–Kier alpha value is -4.20. The minimum absolute atomic E-state index is 0.0368. The van der Waals surface area contributed by atoms with Crippen LogP contribution >= 0.6 is 0 Å². The molecular weight excluding hydrogens is 424 g/mol. The molecule has 1 aliphatic rings. The van der Waals surface area contributed by atoms with E-state index in [9.17, 15) is 24.8 Å². The molecule has 1 atom stereocenters. The first-order valence-corrected chi connectivity index (χ1v) is 10.5. The molecule has 0 bridgehead atoms. The van der Waals surface area contributed by atoms with Gasteiger partial charge in [-0.15, -0.1) is 0 Å². The molecule has 168 valence electrons. The van der Waals surface area contributed by atoms with E-state index in [1.165, 1.54) is 12.1 Å². The number of nitrogens with one attached hydrogen (secondary N) is 1. The van der Waals surface area contributed by atoms with E-state index in [0.29, 0.717) is 6.42 Å². The number of non-ortho nitro benzene ring substituents is 1. The number of nitro benzene ring substituents is 1. The fourth-order valence-corrected chi connectivity index (χ4v) is 4.14. The molecule has 0 unspecified atom stereocenters. The lowest BCUT2D eigenvalue weighted by atomic mass is 9.98. The Balaban J connectivity index is 1.36. The second-order valence-corrected chi connectivity index (χ2v) is 7.82. The van der Waals surface area contributed by atoms with Crippen LogP contribution < -0.4 is 5.32 Å². The van der Waals surface area contributed by atoms with E-state index in [0.717, 1.165) is 27.8 Å². The minimum atomic E-state index is -1.18. The molecule has 0 aliphatic heterocycles. The van der Waals surface area contributed by atoms with Gasteiger partial charge in [0.15, 0.2) is 0 Å². The third kappa shape index (κ3) is 4.85. The van der Waals surface area contributed by atoms with Gasteiger partial charge >= 0.3 is 12.1 Å². The summed E-state index contributed by atoms with van der Waals surface area (Å²) in [6.45, 7) is 0.0918. The van der Waals surface area contributed by atoms with Gasteiger partial charge in [-0.3, -0.25) is 10.1 Å². The molecule has 0 spiro atoms. The molecule has 0 saturated heterocycles. The number of nitro groups is 1. The number of ether oxygens (including phenoxy) is 1. The molecule has 8 nitrogen and oxygen atoms in total. The molecule has 0 radical (unpaired) electrons. The SMILES string of the molecule is O=C(N[C@H](CCc1ccc([N+](=O)[O-])cc1)C(=O)O)OCC1c2ccccc2-c2ccccc21. The standard InChI is InChI=1S/C25H22N2O6/c28-24(29)23(14-11-16-9-12-17(13-10-16)27(31)32)26-25(30)33-15-22-20-7-3-1-5-18(20)19-6-2-4-8-21(19)22/h1-10,12-13,22-23H,11,14-15H2,(H,26,30)(H,28,29)/t23-/m1/s1. The van der Waals surface area contributed by atoms with Crippen molar-refractivity contribution >= 4 is 17.7 Å². The van der Waals surface area contributed by atoms with Gasteiger partial charge in [0.05, 0.1) is 4.92 Å². The zero-order valence-electron chi connectivity index (χ0n) is 17.6. The number of aryl methyl sites for hydroxylation is 1. The maximum atomic E-state index is 12.4. The van der Waals surface area contributed by atoms with E-state index in [2.05, 4.69) is 5.32 Å². The van der Waals surface area contributed by atoms with E-state index < -0.39 is 23.0 Å². The summed E-state index contributed by atoms with van der Waals surface area (Å²) < 4.78 is 5.43. The maximum Gasteiger partial charge on any atom is 0.407 e. The first kappa shape index (κ1) is 22.0. The number of carboxylic acid groups (broad SMARTS) is 1. The van der Waals surface area contributed by atoms with Gasteiger partial charge in [0.1, 0.15) is 12.6 Å². The summed E-state index contributed by atoms with van der Waals surface area (Å²) in [6.07, 6.45) is -0.344. The van der Waals surface area contributed by atoms with Crippen LogP contribution in [0, 0.1) is 10.1 Å². The Morgan fingerprint density at radius 3 is 2.09 bits per heavy atom. The van der Waals surface area contributed by atoms with Crippen LogP contribution in [-0.4, -0.2) is 34.7 Å². The number of benzene rings is 3. The average molecular weight is 446 g/mol. The summed E-state index contributed by atoms with van der Waals surface area (Å²) in [5.41, 5.74) is 5.05. The molecule has 1 aliphatic carbocycles. The van der Waals surface area contributed by atoms with E-state index in [1.54, 1.807) is 12.1 Å². The van der Waals surface area contributed by atoms with Crippen molar-refractivity contribution in [2.75, 3.05) is 6.61 Å². The molecular formula is C25H22N2O6. The Labute approximate surface area is 190 Å². The van der Waals surface area contributed by atoms with Gasteiger partial charge in [-0.1, -0.05) is 60.7 Å². The number of carboxylic acids is 1. The van der Waals surface area contributed by atoms with Crippen LogP contribution in [0.3, 0.4) is 0 Å². The average Bonchev–Trinajstić information content (AvgIpc) is 3.14. The maximum absolute atomic E-state index is 12.4. The van der Waals surface area contributed by atoms with Crippen LogP contribution in [0.25, 0.3) is 11.1 Å². The number of amides is 1. The van der Waals surface area contributed by atoms with Crippen LogP contribution in [0.1, 0.15) is 29.0 Å². The molecule has 1 amide bonds. The first-order valence-electron chi connectivity index (χ1n) is 10.5. The number of rotatable bonds is 8. The molecule has 33 heavy (non-hydrogen) atoms. The highest BCUT2D eigenvalue weighted by molar-refractivity contribution is 5.81. The summed E-state index contributed by atoms with van der Waals surface area (Å²) in [4.78, 5) is 34.3. The van der Waals surface area contributed by atoms with Crippen LogP contribution in [0.5, 0.6) is 0 Å². The highest BCUT2D eigenvalue weighted by Crippen LogP contribution is 2.44. The number of nitrogens with zero attached hydrogens (tertiary/aromatic N) is 1. The predicted molar refractivity (Wildman–Crippen MR) is 121 cm³/mol. The van der Waals surface area contributed by atoms with Crippen molar-refractivity contribution in [3.05, 3.63) is 99.6 Å². The Morgan fingerprint density at radius 2 is 1.55 bits per heavy atom. The second kappa shape index (κ2) is 9.52. The van der Waals surface area contributed by atoms with E-state index in [4.69, 9.17) is 4.74 Å². The number of carbonyl (C=O) groups is 2. The van der Waals surface area contributed by atoms with Crippen molar-refractivity contribution in [3.8, 4) is 11.1 Å². The van der Waals surface area contributed by atoms with E-state index in [-0.39, 0.29) is 24.6 Å². The predicted octanol–water partition coefficient (Wildman–Crippen LogP) is 4.52. The van der Waals surface area contributed by atoms with Crippen molar-refractivity contribution in [2.45, 2.75) is 24.8 Å². The number of aliphatic carboxylic acids is 1. The zero-order chi connectivity index (χ0) is 23.4. The number of hydrogen-bond acceptors (Lipinski definition) is 5. The van der Waals surface area contributed by atoms with Crippen LogP contribution in [0.2, 0.25) is 0 Å². The van der Waals surface area contributed by atoms with Crippen molar-refractivity contribution in [3.63, 3.8) is 0 Å². The number of hydrogen-bond donors (Lipinski definition) is 2. The minimum Gasteiger partial charge on any atom is -0.480 e. The van der Waals surface area contributed by atoms with Crippen LogP contribution in [-0.2, 0) is 16.0 Å². The van der Waals surface area contributed by atoms with Crippen LogP contribution in [0.15, 0.2) is 72.8 Å². The van der Waals surface area contributed by atoms with Gasteiger partial charge in [0, 0.05) is 18.1 Å².